The first-order chi connectivity index (χ1) is 10.1. The van der Waals surface area contributed by atoms with Gasteiger partial charge in [-0.15, -0.1) is 0 Å². The smallest absolute Gasteiger partial charge is 0.229 e. The van der Waals surface area contributed by atoms with Crippen molar-refractivity contribution in [2.75, 3.05) is 13.2 Å². The minimum absolute atomic E-state index is 0.405. The summed E-state index contributed by atoms with van der Waals surface area (Å²) in [7, 11) is 0. The number of ether oxygens (including phenoxy) is 3. The summed E-state index contributed by atoms with van der Waals surface area (Å²) in [4.78, 5) is 0. The Morgan fingerprint density at radius 3 is 2.19 bits per heavy atom. The summed E-state index contributed by atoms with van der Waals surface area (Å²) in [6.07, 6.45) is -6.45. The van der Waals surface area contributed by atoms with Crippen molar-refractivity contribution in [2.24, 2.45) is 0 Å². The summed E-state index contributed by atoms with van der Waals surface area (Å²) in [6, 6.07) is 6.66. The van der Waals surface area contributed by atoms with Gasteiger partial charge < -0.3 is 34.6 Å². The second-order valence-corrected chi connectivity index (χ2v) is 4.72. The molecule has 0 radical (unpaired) electrons. The monoisotopic (exact) mass is 300 g/mol. The van der Waals surface area contributed by atoms with Gasteiger partial charge in [0.1, 0.15) is 35.9 Å². The molecule has 0 bridgehead atoms. The molecule has 1 aromatic rings. The van der Waals surface area contributed by atoms with Gasteiger partial charge in [0.25, 0.3) is 0 Å². The highest BCUT2D eigenvalue weighted by molar-refractivity contribution is 5.31. The third-order valence-corrected chi connectivity index (χ3v) is 3.24. The molecule has 1 aliphatic heterocycles. The first kappa shape index (κ1) is 16.0. The van der Waals surface area contributed by atoms with Crippen molar-refractivity contribution in [3.05, 3.63) is 24.3 Å². The van der Waals surface area contributed by atoms with Crippen LogP contribution in [-0.2, 0) is 4.74 Å². The maximum atomic E-state index is 9.85. The molecular formula is C14H20O7. The van der Waals surface area contributed by atoms with Crippen LogP contribution >= 0.6 is 0 Å². The number of aliphatic hydroxyl groups excluding tert-OH is 4. The van der Waals surface area contributed by atoms with E-state index in [2.05, 4.69) is 0 Å². The summed E-state index contributed by atoms with van der Waals surface area (Å²) in [6.45, 7) is 1.93. The van der Waals surface area contributed by atoms with Crippen molar-refractivity contribution in [2.45, 2.75) is 37.6 Å². The van der Waals surface area contributed by atoms with Gasteiger partial charge in [0.2, 0.25) is 6.29 Å². The average Bonchev–Trinajstić information content (AvgIpc) is 2.50. The highest BCUT2D eigenvalue weighted by Crippen LogP contribution is 2.25. The lowest BCUT2D eigenvalue weighted by molar-refractivity contribution is -0.277. The third kappa shape index (κ3) is 3.63. The molecule has 7 heteroatoms. The molecule has 1 fully saturated rings. The van der Waals surface area contributed by atoms with Crippen molar-refractivity contribution >= 4 is 0 Å². The number of hydrogen-bond acceptors (Lipinski definition) is 7. The molecule has 2 rings (SSSR count). The Morgan fingerprint density at radius 2 is 1.62 bits per heavy atom. The van der Waals surface area contributed by atoms with Gasteiger partial charge in [-0.1, -0.05) is 0 Å². The SMILES string of the molecule is CCOc1ccc(O[C@H]2O[C@H](CO)[C@@H](O)[C@H](O)[C@@H]2O)cc1. The van der Waals surface area contributed by atoms with Crippen molar-refractivity contribution < 1.29 is 34.6 Å². The summed E-state index contributed by atoms with van der Waals surface area (Å²) >= 11 is 0. The number of hydrogen-bond donors (Lipinski definition) is 4. The molecule has 0 spiro atoms. The maximum absolute atomic E-state index is 9.85. The summed E-state index contributed by atoms with van der Waals surface area (Å²) in [5.41, 5.74) is 0. The second-order valence-electron chi connectivity index (χ2n) is 4.72. The van der Waals surface area contributed by atoms with Gasteiger partial charge in [0.05, 0.1) is 13.2 Å². The average molecular weight is 300 g/mol. The Morgan fingerprint density at radius 1 is 1.00 bits per heavy atom. The van der Waals surface area contributed by atoms with Crippen LogP contribution in [0.15, 0.2) is 24.3 Å². The van der Waals surface area contributed by atoms with E-state index in [4.69, 9.17) is 19.3 Å². The number of benzene rings is 1. The fraction of sp³-hybridized carbons (Fsp3) is 0.571. The minimum Gasteiger partial charge on any atom is -0.494 e. The molecule has 5 atom stereocenters. The second kappa shape index (κ2) is 7.06. The zero-order valence-corrected chi connectivity index (χ0v) is 11.6. The van der Waals surface area contributed by atoms with Crippen LogP contribution in [0.25, 0.3) is 0 Å². The lowest BCUT2D eigenvalue weighted by Gasteiger charge is -2.39. The van der Waals surface area contributed by atoms with E-state index in [9.17, 15) is 15.3 Å². The van der Waals surface area contributed by atoms with E-state index in [1.807, 2.05) is 6.92 Å². The largest absolute Gasteiger partial charge is 0.494 e. The van der Waals surface area contributed by atoms with E-state index in [1.54, 1.807) is 24.3 Å². The van der Waals surface area contributed by atoms with E-state index in [-0.39, 0.29) is 0 Å². The molecule has 118 valence electrons. The first-order valence-electron chi connectivity index (χ1n) is 6.76. The highest BCUT2D eigenvalue weighted by Gasteiger charge is 2.44. The molecule has 0 amide bonds. The molecule has 1 saturated heterocycles. The van der Waals surface area contributed by atoms with Gasteiger partial charge in [-0.25, -0.2) is 0 Å². The Hall–Kier alpha value is -1.38. The molecule has 4 N–H and O–H groups in total. The normalized spacial score (nSPS) is 32.7. The molecule has 1 heterocycles. The fourth-order valence-electron chi connectivity index (χ4n) is 2.08. The Labute approximate surface area is 122 Å². The van der Waals surface area contributed by atoms with Gasteiger partial charge in [-0.2, -0.15) is 0 Å². The number of rotatable bonds is 5. The standard InChI is InChI=1S/C14H20O7/c1-2-19-8-3-5-9(6-4-8)20-14-13(18)12(17)11(16)10(7-15)21-14/h3-6,10-18H,2,7H2,1H3/t10-,11-,12+,13+,14+/m1/s1. The predicted octanol–water partition coefficient (Wildman–Crippen LogP) is -0.736. The molecular weight excluding hydrogens is 280 g/mol. The van der Waals surface area contributed by atoms with Crippen LogP contribution in [0, 0.1) is 0 Å². The predicted molar refractivity (Wildman–Crippen MR) is 72.0 cm³/mol. The van der Waals surface area contributed by atoms with Crippen LogP contribution in [0.5, 0.6) is 11.5 Å². The van der Waals surface area contributed by atoms with E-state index in [0.717, 1.165) is 0 Å². The topological polar surface area (TPSA) is 109 Å². The van der Waals surface area contributed by atoms with Crippen LogP contribution < -0.4 is 9.47 Å². The van der Waals surface area contributed by atoms with Gasteiger partial charge >= 0.3 is 0 Å². The fourth-order valence-corrected chi connectivity index (χ4v) is 2.08. The summed E-state index contributed by atoms with van der Waals surface area (Å²) in [5, 5.41) is 38.3. The van der Waals surface area contributed by atoms with Gasteiger partial charge in [-0.3, -0.25) is 0 Å². The molecule has 0 aromatic heterocycles. The van der Waals surface area contributed by atoms with Crippen molar-refractivity contribution in [3.63, 3.8) is 0 Å². The van der Waals surface area contributed by atoms with Crippen LogP contribution in [0.3, 0.4) is 0 Å². The zero-order valence-electron chi connectivity index (χ0n) is 11.6. The molecule has 0 aliphatic carbocycles. The van der Waals surface area contributed by atoms with Gasteiger partial charge in [-0.05, 0) is 31.2 Å². The highest BCUT2D eigenvalue weighted by atomic mass is 16.7. The van der Waals surface area contributed by atoms with E-state index in [0.29, 0.717) is 18.1 Å². The molecule has 0 saturated carbocycles. The molecule has 0 unspecified atom stereocenters. The quantitative estimate of drug-likeness (QED) is 0.567. The lowest BCUT2D eigenvalue weighted by atomic mass is 9.99. The summed E-state index contributed by atoms with van der Waals surface area (Å²) < 4.78 is 16.0. The number of aliphatic hydroxyl groups is 4. The maximum Gasteiger partial charge on any atom is 0.229 e. The van der Waals surface area contributed by atoms with Crippen molar-refractivity contribution in [1.29, 1.82) is 0 Å². The molecule has 7 nitrogen and oxygen atoms in total. The van der Waals surface area contributed by atoms with Crippen LogP contribution in [-0.4, -0.2) is 64.3 Å². The minimum atomic E-state index is -1.46. The van der Waals surface area contributed by atoms with Crippen LogP contribution in [0.1, 0.15) is 6.92 Å². The van der Waals surface area contributed by atoms with Crippen LogP contribution in [0.4, 0.5) is 0 Å². The lowest BCUT2D eigenvalue weighted by Crippen LogP contribution is -2.60. The summed E-state index contributed by atoms with van der Waals surface area (Å²) in [5.74, 6) is 1.08. The Bertz CT molecular complexity index is 433. The van der Waals surface area contributed by atoms with Gasteiger partial charge in [0, 0.05) is 0 Å². The Kier molecular flexibility index (Phi) is 5.38. The molecule has 1 aromatic carbocycles. The van der Waals surface area contributed by atoms with Crippen molar-refractivity contribution in [3.8, 4) is 11.5 Å². The molecule has 1 aliphatic rings. The van der Waals surface area contributed by atoms with Gasteiger partial charge in [0.15, 0.2) is 0 Å². The van der Waals surface area contributed by atoms with E-state index in [1.165, 1.54) is 0 Å². The van der Waals surface area contributed by atoms with E-state index >= 15 is 0 Å². The van der Waals surface area contributed by atoms with Crippen molar-refractivity contribution in [1.82, 2.24) is 0 Å². The van der Waals surface area contributed by atoms with E-state index < -0.39 is 37.3 Å². The first-order valence-corrected chi connectivity index (χ1v) is 6.76. The Balaban J connectivity index is 2.03. The third-order valence-electron chi connectivity index (χ3n) is 3.24. The zero-order chi connectivity index (χ0) is 15.4. The van der Waals surface area contributed by atoms with Crippen LogP contribution in [0.2, 0.25) is 0 Å². The molecule has 21 heavy (non-hydrogen) atoms.